The van der Waals surface area contributed by atoms with E-state index >= 15 is 0 Å². The van der Waals surface area contributed by atoms with E-state index < -0.39 is 11.9 Å². The van der Waals surface area contributed by atoms with Crippen molar-refractivity contribution in [3.63, 3.8) is 0 Å². The molecule has 0 atom stereocenters. The summed E-state index contributed by atoms with van der Waals surface area (Å²) < 4.78 is 0. The molecule has 0 radical (unpaired) electrons. The minimum Gasteiger partial charge on any atom is -0.260 e. The van der Waals surface area contributed by atoms with Crippen molar-refractivity contribution in [2.45, 2.75) is 142 Å². The minimum atomic E-state index is -0.483. The highest BCUT2D eigenvalue weighted by atomic mass is 17.5. The predicted octanol–water partition coefficient (Wildman–Crippen LogP) is 7.76. The third-order valence-corrected chi connectivity index (χ3v) is 5.22. The maximum Gasteiger partial charge on any atom is 0.346 e. The summed E-state index contributed by atoms with van der Waals surface area (Å²) in [6.45, 7) is 4.45. The number of rotatable bonds is 22. The lowest BCUT2D eigenvalue weighted by Gasteiger charge is -2.04. The molecule has 0 aromatic rings. The molecule has 0 aromatic carbocycles. The van der Waals surface area contributed by atoms with Crippen LogP contribution < -0.4 is 0 Å². The van der Waals surface area contributed by atoms with Crippen LogP contribution >= 0.6 is 0 Å². The molecule has 0 heterocycles. The first-order valence-electron chi connectivity index (χ1n) is 12.3. The lowest BCUT2D eigenvalue weighted by atomic mass is 10.1. The van der Waals surface area contributed by atoms with E-state index in [1.165, 1.54) is 77.0 Å². The second kappa shape index (κ2) is 23.2. The van der Waals surface area contributed by atoms with Gasteiger partial charge >= 0.3 is 11.9 Å². The molecule has 0 aliphatic carbocycles. The van der Waals surface area contributed by atoms with Gasteiger partial charge < -0.3 is 0 Å². The van der Waals surface area contributed by atoms with Crippen molar-refractivity contribution < 1.29 is 24.4 Å². The Morgan fingerprint density at radius 1 is 0.448 bits per heavy atom. The molecule has 0 rings (SSSR count). The van der Waals surface area contributed by atoms with Crippen molar-refractivity contribution in [2.75, 3.05) is 0 Å². The van der Waals surface area contributed by atoms with Crippen molar-refractivity contribution >= 4 is 11.9 Å². The molecule has 172 valence electrons. The maximum atomic E-state index is 11.5. The number of carbonyl (C=O) groups is 2. The molecule has 0 bridgehead atoms. The molecule has 0 aromatic heterocycles. The molecule has 0 amide bonds. The van der Waals surface area contributed by atoms with Gasteiger partial charge in [0.2, 0.25) is 0 Å². The number of hydrogen-bond acceptors (Lipinski definition) is 5. The van der Waals surface area contributed by atoms with Gasteiger partial charge in [-0.3, -0.25) is 9.78 Å². The fraction of sp³-hybridized carbons (Fsp3) is 0.917. The predicted molar refractivity (Wildman–Crippen MR) is 117 cm³/mol. The summed E-state index contributed by atoms with van der Waals surface area (Å²) in [6.07, 6.45) is 22.0. The number of unbranched alkanes of at least 4 members (excludes halogenated alkanes) is 16. The second-order valence-corrected chi connectivity index (χ2v) is 8.14. The van der Waals surface area contributed by atoms with Crippen molar-refractivity contribution in [3.05, 3.63) is 0 Å². The van der Waals surface area contributed by atoms with Crippen LogP contribution in [-0.2, 0) is 24.4 Å². The number of hydrogen-bond donors (Lipinski definition) is 0. The van der Waals surface area contributed by atoms with Gasteiger partial charge in [-0.15, -0.1) is 0 Å². The fourth-order valence-corrected chi connectivity index (χ4v) is 3.34. The van der Waals surface area contributed by atoms with Crippen LogP contribution in [0.2, 0.25) is 0 Å². The van der Waals surface area contributed by atoms with Crippen LogP contribution in [0.5, 0.6) is 0 Å². The van der Waals surface area contributed by atoms with E-state index in [1.54, 1.807) is 0 Å². The van der Waals surface area contributed by atoms with E-state index in [0.717, 1.165) is 38.5 Å². The van der Waals surface area contributed by atoms with Crippen LogP contribution in [0, 0.1) is 0 Å². The highest BCUT2D eigenvalue weighted by molar-refractivity contribution is 5.69. The summed E-state index contributed by atoms with van der Waals surface area (Å²) >= 11 is 0. The van der Waals surface area contributed by atoms with Crippen LogP contribution in [-0.4, -0.2) is 11.9 Å². The Bertz CT molecular complexity index is 336. The smallest absolute Gasteiger partial charge is 0.260 e. The van der Waals surface area contributed by atoms with E-state index in [2.05, 4.69) is 28.7 Å². The average molecular weight is 415 g/mol. The fourth-order valence-electron chi connectivity index (χ4n) is 3.34. The Morgan fingerprint density at radius 3 is 1.03 bits per heavy atom. The Balaban J connectivity index is 3.31. The third kappa shape index (κ3) is 23.0. The molecule has 0 N–H and O–H groups in total. The first-order valence-corrected chi connectivity index (χ1v) is 12.3. The zero-order chi connectivity index (χ0) is 21.4. The molecule has 0 saturated heterocycles. The van der Waals surface area contributed by atoms with Gasteiger partial charge in [0.25, 0.3) is 0 Å². The Labute approximate surface area is 179 Å². The Kier molecular flexibility index (Phi) is 22.3. The van der Waals surface area contributed by atoms with Gasteiger partial charge in [0, 0.05) is 17.9 Å². The molecular weight excluding hydrogens is 368 g/mol. The van der Waals surface area contributed by atoms with E-state index in [-0.39, 0.29) is 0 Å². The van der Waals surface area contributed by atoms with Crippen molar-refractivity contribution in [1.29, 1.82) is 0 Å². The summed E-state index contributed by atoms with van der Waals surface area (Å²) in [5, 5.41) is 4.32. The SMILES string of the molecule is CCCCCCCCCCCC(=O)OOOC(=O)CCCCCCCCCCC. The average Bonchev–Trinajstić information content (AvgIpc) is 2.71. The molecule has 5 heteroatoms. The van der Waals surface area contributed by atoms with Gasteiger partial charge in [-0.2, -0.15) is 0 Å². The van der Waals surface area contributed by atoms with Crippen molar-refractivity contribution in [2.24, 2.45) is 0 Å². The lowest BCUT2D eigenvalue weighted by molar-refractivity contribution is -0.459. The minimum absolute atomic E-state index is 0.297. The standard InChI is InChI=1S/C24H46O5/c1-3-5-7-9-11-13-15-17-19-21-23(25)27-29-28-24(26)22-20-18-16-14-12-10-8-6-4-2/h3-22H2,1-2H3. The van der Waals surface area contributed by atoms with Crippen LogP contribution in [0.25, 0.3) is 0 Å². The Hall–Kier alpha value is -1.10. The van der Waals surface area contributed by atoms with E-state index in [1.807, 2.05) is 0 Å². The monoisotopic (exact) mass is 414 g/mol. The first-order chi connectivity index (χ1) is 14.2. The van der Waals surface area contributed by atoms with Gasteiger partial charge in [0.05, 0.1) is 0 Å². The largest absolute Gasteiger partial charge is 0.346 e. The molecule has 29 heavy (non-hydrogen) atoms. The van der Waals surface area contributed by atoms with Gasteiger partial charge in [0.15, 0.2) is 0 Å². The van der Waals surface area contributed by atoms with Crippen molar-refractivity contribution in [1.82, 2.24) is 0 Å². The van der Waals surface area contributed by atoms with Gasteiger partial charge in [0.1, 0.15) is 0 Å². The van der Waals surface area contributed by atoms with Crippen LogP contribution in [0.3, 0.4) is 0 Å². The maximum absolute atomic E-state index is 11.5. The zero-order valence-corrected chi connectivity index (χ0v) is 19.2. The summed E-state index contributed by atoms with van der Waals surface area (Å²) in [6, 6.07) is 0. The van der Waals surface area contributed by atoms with Crippen molar-refractivity contribution in [3.8, 4) is 0 Å². The molecule has 0 fully saturated rings. The van der Waals surface area contributed by atoms with Gasteiger partial charge in [-0.25, -0.2) is 9.59 Å². The van der Waals surface area contributed by atoms with Gasteiger partial charge in [-0.1, -0.05) is 117 Å². The van der Waals surface area contributed by atoms with E-state index in [4.69, 9.17) is 0 Å². The molecule has 0 saturated carbocycles. The molecule has 0 unspecified atom stereocenters. The quantitative estimate of drug-likeness (QED) is 0.103. The molecular formula is C24H46O5. The van der Waals surface area contributed by atoms with Gasteiger partial charge in [-0.05, 0) is 12.8 Å². The zero-order valence-electron chi connectivity index (χ0n) is 19.2. The first kappa shape index (κ1) is 27.9. The van der Waals surface area contributed by atoms with Crippen LogP contribution in [0.15, 0.2) is 0 Å². The van der Waals surface area contributed by atoms with E-state index in [9.17, 15) is 9.59 Å². The highest BCUT2D eigenvalue weighted by Gasteiger charge is 2.08. The topological polar surface area (TPSA) is 61.8 Å². The molecule has 0 aliphatic rings. The summed E-state index contributed by atoms with van der Waals surface area (Å²) in [7, 11) is 0. The normalized spacial score (nSPS) is 10.8. The summed E-state index contributed by atoms with van der Waals surface area (Å²) in [5.41, 5.74) is 0. The summed E-state index contributed by atoms with van der Waals surface area (Å²) in [5.74, 6) is -0.965. The highest BCUT2D eigenvalue weighted by Crippen LogP contribution is 2.12. The second-order valence-electron chi connectivity index (χ2n) is 8.14. The number of carbonyl (C=O) groups excluding carboxylic acids is 2. The van der Waals surface area contributed by atoms with Crippen LogP contribution in [0.1, 0.15) is 142 Å². The van der Waals surface area contributed by atoms with E-state index in [0.29, 0.717) is 12.8 Å². The molecule has 5 nitrogen and oxygen atoms in total. The molecule has 0 aliphatic heterocycles. The lowest BCUT2D eigenvalue weighted by Crippen LogP contribution is -2.10. The third-order valence-electron chi connectivity index (χ3n) is 5.22. The summed E-state index contributed by atoms with van der Waals surface area (Å²) in [4.78, 5) is 32.0. The van der Waals surface area contributed by atoms with Crippen LogP contribution in [0.4, 0.5) is 0 Å². The Morgan fingerprint density at radius 2 is 0.724 bits per heavy atom. The molecule has 0 spiro atoms.